The molecule has 0 atom stereocenters. The standard InChI is InChI=1S/C19H17ClN6O2/c1-11-3-4-15(9-16(11)20)24-23-14-5-6-18(27)13(8-14)10-21-26-19(28)17-7-12(2)22-25-17/h3-10,27H,1-2H3,(H,22,25)(H,26,28)/b21-10+,24-23?. The molecule has 9 heteroatoms. The first-order valence-electron chi connectivity index (χ1n) is 8.29. The summed E-state index contributed by atoms with van der Waals surface area (Å²) in [5.74, 6) is -0.474. The second-order valence-corrected chi connectivity index (χ2v) is 6.42. The van der Waals surface area contributed by atoms with Gasteiger partial charge in [-0.25, -0.2) is 5.43 Å². The van der Waals surface area contributed by atoms with Crippen LogP contribution in [0.4, 0.5) is 11.4 Å². The quantitative estimate of drug-likeness (QED) is 0.333. The van der Waals surface area contributed by atoms with Crippen molar-refractivity contribution in [3.05, 3.63) is 70.0 Å². The number of nitrogens with zero attached hydrogens (tertiary/aromatic N) is 4. The van der Waals surface area contributed by atoms with E-state index in [-0.39, 0.29) is 11.4 Å². The molecule has 0 bridgehead atoms. The summed E-state index contributed by atoms with van der Waals surface area (Å²) in [6.45, 7) is 3.69. The van der Waals surface area contributed by atoms with Crippen molar-refractivity contribution in [1.29, 1.82) is 0 Å². The summed E-state index contributed by atoms with van der Waals surface area (Å²) in [6.07, 6.45) is 1.31. The summed E-state index contributed by atoms with van der Waals surface area (Å²) in [5, 5.41) is 29.2. The number of benzene rings is 2. The predicted molar refractivity (Wildman–Crippen MR) is 107 cm³/mol. The van der Waals surface area contributed by atoms with Gasteiger partial charge in [-0.05, 0) is 55.8 Å². The molecule has 3 aromatic rings. The number of nitrogens with one attached hydrogen (secondary N) is 2. The Labute approximate surface area is 166 Å². The van der Waals surface area contributed by atoms with Crippen LogP contribution in [0.3, 0.4) is 0 Å². The third-order valence-electron chi connectivity index (χ3n) is 3.76. The van der Waals surface area contributed by atoms with Crippen LogP contribution in [0.25, 0.3) is 0 Å². The maximum absolute atomic E-state index is 11.9. The molecule has 0 aliphatic rings. The van der Waals surface area contributed by atoms with Crippen molar-refractivity contribution in [2.45, 2.75) is 13.8 Å². The van der Waals surface area contributed by atoms with E-state index in [1.54, 1.807) is 37.3 Å². The van der Waals surface area contributed by atoms with E-state index >= 15 is 0 Å². The number of hydrazone groups is 1. The fraction of sp³-hybridized carbons (Fsp3) is 0.105. The summed E-state index contributed by atoms with van der Waals surface area (Å²) in [6, 6.07) is 11.6. The Morgan fingerprint density at radius 1 is 1.14 bits per heavy atom. The number of aryl methyl sites for hydroxylation is 2. The topological polar surface area (TPSA) is 115 Å². The summed E-state index contributed by atoms with van der Waals surface area (Å²) in [5.41, 5.74) is 5.77. The number of phenolic OH excluding ortho intramolecular Hbond substituents is 1. The van der Waals surface area contributed by atoms with Gasteiger partial charge in [0.25, 0.3) is 5.91 Å². The summed E-state index contributed by atoms with van der Waals surface area (Å²) in [7, 11) is 0. The molecular weight excluding hydrogens is 380 g/mol. The number of rotatable bonds is 5. The van der Waals surface area contributed by atoms with E-state index in [1.807, 2.05) is 13.0 Å². The number of azo groups is 1. The Hall–Kier alpha value is -3.52. The van der Waals surface area contributed by atoms with Crippen LogP contribution in [-0.2, 0) is 0 Å². The molecule has 1 amide bonds. The second kappa shape index (κ2) is 8.45. The number of aromatic nitrogens is 2. The Morgan fingerprint density at radius 2 is 1.86 bits per heavy atom. The van der Waals surface area contributed by atoms with Crippen molar-refractivity contribution in [3.63, 3.8) is 0 Å². The molecule has 0 aliphatic carbocycles. The molecule has 0 saturated heterocycles. The Kier molecular flexibility index (Phi) is 5.81. The smallest absolute Gasteiger partial charge is 0.291 e. The fourth-order valence-electron chi connectivity index (χ4n) is 2.22. The number of hydrogen-bond donors (Lipinski definition) is 3. The van der Waals surface area contributed by atoms with Gasteiger partial charge >= 0.3 is 0 Å². The van der Waals surface area contributed by atoms with Crippen molar-refractivity contribution < 1.29 is 9.90 Å². The van der Waals surface area contributed by atoms with Gasteiger partial charge in [0.2, 0.25) is 0 Å². The van der Waals surface area contributed by atoms with Gasteiger partial charge in [-0.15, -0.1) is 0 Å². The highest BCUT2D eigenvalue weighted by molar-refractivity contribution is 6.31. The highest BCUT2D eigenvalue weighted by atomic mass is 35.5. The van der Waals surface area contributed by atoms with E-state index in [4.69, 9.17) is 11.6 Å². The van der Waals surface area contributed by atoms with Crippen LogP contribution in [0.5, 0.6) is 5.75 Å². The highest BCUT2D eigenvalue weighted by Crippen LogP contribution is 2.26. The molecule has 0 saturated carbocycles. The van der Waals surface area contributed by atoms with Crippen LogP contribution in [0.2, 0.25) is 5.02 Å². The van der Waals surface area contributed by atoms with E-state index in [9.17, 15) is 9.90 Å². The van der Waals surface area contributed by atoms with Gasteiger partial charge in [0.15, 0.2) is 5.69 Å². The minimum Gasteiger partial charge on any atom is -0.507 e. The Balaban J connectivity index is 1.71. The maximum Gasteiger partial charge on any atom is 0.291 e. The van der Waals surface area contributed by atoms with Crippen molar-refractivity contribution in [3.8, 4) is 5.75 Å². The number of phenols is 1. The van der Waals surface area contributed by atoms with Crippen LogP contribution in [0.15, 0.2) is 57.8 Å². The van der Waals surface area contributed by atoms with Gasteiger partial charge in [0.05, 0.1) is 17.6 Å². The molecule has 2 aromatic carbocycles. The van der Waals surface area contributed by atoms with E-state index in [0.29, 0.717) is 22.0 Å². The molecule has 0 fully saturated rings. The Bertz CT molecular complexity index is 1070. The molecule has 1 aromatic heterocycles. The van der Waals surface area contributed by atoms with E-state index in [2.05, 4.69) is 31.0 Å². The average molecular weight is 397 g/mol. The predicted octanol–water partition coefficient (Wildman–Crippen LogP) is 4.56. The zero-order valence-electron chi connectivity index (χ0n) is 15.1. The third kappa shape index (κ3) is 4.80. The number of carbonyl (C=O) groups is 1. The van der Waals surface area contributed by atoms with Crippen molar-refractivity contribution in [2.75, 3.05) is 0 Å². The first-order chi connectivity index (χ1) is 13.4. The third-order valence-corrected chi connectivity index (χ3v) is 4.16. The molecule has 3 N–H and O–H groups in total. The molecule has 142 valence electrons. The number of halogens is 1. The lowest BCUT2D eigenvalue weighted by molar-refractivity contribution is 0.0950. The summed E-state index contributed by atoms with van der Waals surface area (Å²) in [4.78, 5) is 11.9. The fourth-order valence-corrected chi connectivity index (χ4v) is 2.39. The van der Waals surface area contributed by atoms with Crippen LogP contribution in [0, 0.1) is 13.8 Å². The lowest BCUT2D eigenvalue weighted by atomic mass is 10.2. The van der Waals surface area contributed by atoms with Crippen molar-refractivity contribution >= 4 is 35.1 Å². The molecule has 0 spiro atoms. The van der Waals surface area contributed by atoms with Gasteiger partial charge in [-0.2, -0.15) is 20.4 Å². The number of aromatic amines is 1. The zero-order valence-corrected chi connectivity index (χ0v) is 15.9. The average Bonchev–Trinajstić information content (AvgIpc) is 3.11. The first kappa shape index (κ1) is 19.2. The van der Waals surface area contributed by atoms with Crippen LogP contribution >= 0.6 is 11.6 Å². The number of carbonyl (C=O) groups excluding carboxylic acids is 1. The van der Waals surface area contributed by atoms with Gasteiger partial charge < -0.3 is 5.11 Å². The van der Waals surface area contributed by atoms with Gasteiger partial charge in [-0.3, -0.25) is 9.89 Å². The van der Waals surface area contributed by atoms with Crippen LogP contribution < -0.4 is 5.43 Å². The van der Waals surface area contributed by atoms with Gasteiger partial charge in [0.1, 0.15) is 5.75 Å². The first-order valence-corrected chi connectivity index (χ1v) is 8.66. The van der Waals surface area contributed by atoms with Gasteiger partial charge in [0, 0.05) is 16.3 Å². The molecule has 1 heterocycles. The van der Waals surface area contributed by atoms with E-state index in [1.165, 1.54) is 12.3 Å². The van der Waals surface area contributed by atoms with Crippen molar-refractivity contribution in [2.24, 2.45) is 15.3 Å². The molecular formula is C19H17ClN6O2. The molecule has 0 aliphatic heterocycles. The zero-order chi connectivity index (χ0) is 20.1. The summed E-state index contributed by atoms with van der Waals surface area (Å²) < 4.78 is 0. The number of hydrogen-bond acceptors (Lipinski definition) is 6. The Morgan fingerprint density at radius 3 is 2.54 bits per heavy atom. The normalized spacial score (nSPS) is 11.4. The second-order valence-electron chi connectivity index (χ2n) is 6.01. The van der Waals surface area contributed by atoms with Crippen molar-refractivity contribution in [1.82, 2.24) is 15.6 Å². The van der Waals surface area contributed by atoms with Gasteiger partial charge in [-0.1, -0.05) is 17.7 Å². The van der Waals surface area contributed by atoms with E-state index in [0.717, 1.165) is 11.3 Å². The largest absolute Gasteiger partial charge is 0.507 e. The van der Waals surface area contributed by atoms with E-state index < -0.39 is 5.91 Å². The highest BCUT2D eigenvalue weighted by Gasteiger charge is 2.08. The number of amides is 1. The molecule has 3 rings (SSSR count). The molecule has 28 heavy (non-hydrogen) atoms. The lowest BCUT2D eigenvalue weighted by Gasteiger charge is -2.01. The SMILES string of the molecule is Cc1cc(C(=O)N/N=C/c2cc(N=Nc3ccc(C)c(Cl)c3)ccc2O)n[nH]1. The number of H-pyrrole nitrogens is 1. The van der Waals surface area contributed by atoms with Crippen LogP contribution in [0.1, 0.15) is 27.3 Å². The molecule has 8 nitrogen and oxygen atoms in total. The monoisotopic (exact) mass is 396 g/mol. The number of aromatic hydroxyl groups is 1. The minimum atomic E-state index is -0.466. The maximum atomic E-state index is 11.9. The molecule has 0 radical (unpaired) electrons. The lowest BCUT2D eigenvalue weighted by Crippen LogP contribution is -2.18. The summed E-state index contributed by atoms with van der Waals surface area (Å²) >= 11 is 6.08. The minimum absolute atomic E-state index is 0.00839. The van der Waals surface area contributed by atoms with Crippen LogP contribution in [-0.4, -0.2) is 27.4 Å². The molecule has 0 unspecified atom stereocenters.